The van der Waals surface area contributed by atoms with E-state index in [0.717, 1.165) is 6.42 Å². The second kappa shape index (κ2) is 8.73. The molecule has 0 aliphatic carbocycles. The molecular weight excluding hydrogens is 320 g/mol. The second-order valence-corrected chi connectivity index (χ2v) is 5.40. The van der Waals surface area contributed by atoms with Crippen LogP contribution in [0.5, 0.6) is 11.5 Å². The summed E-state index contributed by atoms with van der Waals surface area (Å²) in [6, 6.07) is 12.0. The predicted octanol–water partition coefficient (Wildman–Crippen LogP) is 3.69. The van der Waals surface area contributed by atoms with Gasteiger partial charge in [0.05, 0.1) is 19.8 Å². The van der Waals surface area contributed by atoms with Crippen LogP contribution >= 0.6 is 0 Å². The number of amides is 2. The number of benzene rings is 2. The van der Waals surface area contributed by atoms with Gasteiger partial charge in [0.25, 0.3) is 5.91 Å². The molecule has 0 heterocycles. The summed E-state index contributed by atoms with van der Waals surface area (Å²) >= 11 is 0. The number of hydrogen-bond donors (Lipinski definition) is 2. The molecule has 6 nitrogen and oxygen atoms in total. The first kappa shape index (κ1) is 18.3. The van der Waals surface area contributed by atoms with Crippen LogP contribution in [0, 0.1) is 0 Å². The third-order valence-electron chi connectivity index (χ3n) is 3.53. The number of rotatable bonds is 7. The van der Waals surface area contributed by atoms with E-state index in [2.05, 4.69) is 10.6 Å². The van der Waals surface area contributed by atoms with Crippen molar-refractivity contribution in [2.75, 3.05) is 24.9 Å². The van der Waals surface area contributed by atoms with Gasteiger partial charge in [0, 0.05) is 23.9 Å². The second-order valence-electron chi connectivity index (χ2n) is 5.40. The molecule has 0 fully saturated rings. The minimum Gasteiger partial charge on any atom is -0.497 e. The van der Waals surface area contributed by atoms with Gasteiger partial charge in [-0.15, -0.1) is 0 Å². The lowest BCUT2D eigenvalue weighted by Gasteiger charge is -2.12. The van der Waals surface area contributed by atoms with Crippen molar-refractivity contribution >= 4 is 23.2 Å². The Bertz CT molecular complexity index is 759. The van der Waals surface area contributed by atoms with Gasteiger partial charge in [-0.05, 0) is 36.8 Å². The highest BCUT2D eigenvalue weighted by Gasteiger charge is 2.14. The first-order chi connectivity index (χ1) is 12.1. The summed E-state index contributed by atoms with van der Waals surface area (Å²) in [5.41, 5.74) is 1.61. The lowest BCUT2D eigenvalue weighted by molar-refractivity contribution is -0.116. The maximum atomic E-state index is 12.5. The third-order valence-corrected chi connectivity index (χ3v) is 3.53. The fraction of sp³-hybridized carbons (Fsp3) is 0.263. The smallest absolute Gasteiger partial charge is 0.259 e. The van der Waals surface area contributed by atoms with Gasteiger partial charge < -0.3 is 20.1 Å². The zero-order valence-corrected chi connectivity index (χ0v) is 14.6. The van der Waals surface area contributed by atoms with E-state index in [9.17, 15) is 9.59 Å². The van der Waals surface area contributed by atoms with Crippen LogP contribution in [0.15, 0.2) is 42.5 Å². The zero-order valence-electron chi connectivity index (χ0n) is 14.6. The Hall–Kier alpha value is -3.02. The molecule has 0 spiro atoms. The number of ether oxygens (including phenoxy) is 2. The summed E-state index contributed by atoms with van der Waals surface area (Å²) in [6.45, 7) is 1.94. The lowest BCUT2D eigenvalue weighted by atomic mass is 10.1. The van der Waals surface area contributed by atoms with Gasteiger partial charge in [-0.1, -0.05) is 13.0 Å². The summed E-state index contributed by atoms with van der Waals surface area (Å²) in [4.78, 5) is 24.2. The van der Waals surface area contributed by atoms with Crippen LogP contribution in [0.1, 0.15) is 30.1 Å². The minimum atomic E-state index is -0.309. The van der Waals surface area contributed by atoms with Gasteiger partial charge in [-0.3, -0.25) is 9.59 Å². The molecule has 25 heavy (non-hydrogen) atoms. The SMILES string of the molecule is CCCC(=O)Nc1cccc(NC(=O)c2ccc(OC)cc2OC)c1. The molecular formula is C19H22N2O4. The van der Waals surface area contributed by atoms with Gasteiger partial charge in [0.1, 0.15) is 11.5 Å². The van der Waals surface area contributed by atoms with Gasteiger partial charge >= 0.3 is 0 Å². The van der Waals surface area contributed by atoms with Gasteiger partial charge in [-0.2, -0.15) is 0 Å². The number of hydrogen-bond acceptors (Lipinski definition) is 4. The summed E-state index contributed by atoms with van der Waals surface area (Å²) in [5.74, 6) is 0.664. The molecule has 0 radical (unpaired) electrons. The van der Waals surface area contributed by atoms with Crippen molar-refractivity contribution in [1.82, 2.24) is 0 Å². The number of nitrogens with one attached hydrogen (secondary N) is 2. The van der Waals surface area contributed by atoms with Gasteiger partial charge in [0.15, 0.2) is 0 Å². The number of carbonyl (C=O) groups is 2. The van der Waals surface area contributed by atoms with E-state index in [0.29, 0.717) is 34.9 Å². The Balaban J connectivity index is 2.14. The quantitative estimate of drug-likeness (QED) is 0.804. The van der Waals surface area contributed by atoms with Crippen LogP contribution < -0.4 is 20.1 Å². The van der Waals surface area contributed by atoms with E-state index >= 15 is 0 Å². The van der Waals surface area contributed by atoms with E-state index in [1.165, 1.54) is 7.11 Å². The molecule has 0 unspecified atom stereocenters. The Labute approximate surface area is 147 Å². The zero-order chi connectivity index (χ0) is 18.2. The van der Waals surface area contributed by atoms with Crippen molar-refractivity contribution in [3.8, 4) is 11.5 Å². The van der Waals surface area contributed by atoms with Crippen molar-refractivity contribution in [2.24, 2.45) is 0 Å². The molecule has 0 bridgehead atoms. The normalized spacial score (nSPS) is 10.0. The standard InChI is InChI=1S/C19H22N2O4/c1-4-6-18(22)20-13-7-5-8-14(11-13)21-19(23)16-10-9-15(24-2)12-17(16)25-3/h5,7-12H,4,6H2,1-3H3,(H,20,22)(H,21,23). The maximum Gasteiger partial charge on any atom is 0.259 e. The highest BCUT2D eigenvalue weighted by atomic mass is 16.5. The van der Waals surface area contributed by atoms with E-state index in [-0.39, 0.29) is 11.8 Å². The average Bonchev–Trinajstić information content (AvgIpc) is 2.61. The maximum absolute atomic E-state index is 12.5. The summed E-state index contributed by atoms with van der Waals surface area (Å²) in [6.07, 6.45) is 1.24. The molecule has 2 N–H and O–H groups in total. The Morgan fingerprint density at radius 3 is 2.32 bits per heavy atom. The molecule has 2 aromatic rings. The van der Waals surface area contributed by atoms with Crippen LogP contribution in [0.4, 0.5) is 11.4 Å². The lowest BCUT2D eigenvalue weighted by Crippen LogP contribution is -2.14. The number of carbonyl (C=O) groups excluding carboxylic acids is 2. The Morgan fingerprint density at radius 2 is 1.68 bits per heavy atom. The molecule has 0 atom stereocenters. The monoisotopic (exact) mass is 342 g/mol. The van der Waals surface area contributed by atoms with Crippen molar-refractivity contribution < 1.29 is 19.1 Å². The van der Waals surface area contributed by atoms with Crippen LogP contribution in [-0.4, -0.2) is 26.0 Å². The largest absolute Gasteiger partial charge is 0.497 e. The molecule has 0 aromatic heterocycles. The minimum absolute atomic E-state index is 0.0530. The van der Waals surface area contributed by atoms with Gasteiger partial charge in [-0.25, -0.2) is 0 Å². The van der Waals surface area contributed by atoms with Crippen molar-refractivity contribution in [3.05, 3.63) is 48.0 Å². The number of methoxy groups -OCH3 is 2. The topological polar surface area (TPSA) is 76.7 Å². The molecule has 0 aliphatic heterocycles. The van der Waals surface area contributed by atoms with Crippen LogP contribution in [-0.2, 0) is 4.79 Å². The highest BCUT2D eigenvalue weighted by molar-refractivity contribution is 6.06. The van der Waals surface area contributed by atoms with Crippen molar-refractivity contribution in [1.29, 1.82) is 0 Å². The first-order valence-electron chi connectivity index (χ1n) is 8.00. The molecule has 0 aliphatic rings. The molecule has 0 saturated carbocycles. The summed E-state index contributed by atoms with van der Waals surface area (Å²) in [7, 11) is 3.04. The molecule has 2 rings (SSSR count). The van der Waals surface area contributed by atoms with Crippen molar-refractivity contribution in [3.63, 3.8) is 0 Å². The highest BCUT2D eigenvalue weighted by Crippen LogP contribution is 2.26. The van der Waals surface area contributed by atoms with E-state index < -0.39 is 0 Å². The molecule has 6 heteroatoms. The molecule has 0 saturated heterocycles. The van der Waals surface area contributed by atoms with E-state index in [4.69, 9.17) is 9.47 Å². The Kier molecular flexibility index (Phi) is 6.39. The molecule has 2 amide bonds. The fourth-order valence-corrected chi connectivity index (χ4v) is 2.31. The average molecular weight is 342 g/mol. The summed E-state index contributed by atoms with van der Waals surface area (Å²) in [5, 5.41) is 5.61. The van der Waals surface area contributed by atoms with Crippen LogP contribution in [0.2, 0.25) is 0 Å². The van der Waals surface area contributed by atoms with E-state index in [1.807, 2.05) is 6.92 Å². The molecule has 132 valence electrons. The fourth-order valence-electron chi connectivity index (χ4n) is 2.31. The van der Waals surface area contributed by atoms with Crippen LogP contribution in [0.25, 0.3) is 0 Å². The Morgan fingerprint density at radius 1 is 0.960 bits per heavy atom. The first-order valence-corrected chi connectivity index (χ1v) is 8.00. The molecule has 2 aromatic carbocycles. The number of anilines is 2. The van der Waals surface area contributed by atoms with Crippen LogP contribution in [0.3, 0.4) is 0 Å². The van der Waals surface area contributed by atoms with Gasteiger partial charge in [0.2, 0.25) is 5.91 Å². The summed E-state index contributed by atoms with van der Waals surface area (Å²) < 4.78 is 10.4. The predicted molar refractivity (Wildman–Crippen MR) is 97.5 cm³/mol. The van der Waals surface area contributed by atoms with Crippen molar-refractivity contribution in [2.45, 2.75) is 19.8 Å². The van der Waals surface area contributed by atoms with E-state index in [1.54, 1.807) is 49.6 Å². The third kappa shape index (κ3) is 4.97.